The molecule has 1 spiro atoms. The van der Waals surface area contributed by atoms with E-state index in [0.29, 0.717) is 12.4 Å². The van der Waals surface area contributed by atoms with Crippen LogP contribution >= 0.6 is 11.3 Å². The first-order valence-corrected chi connectivity index (χ1v) is 13.3. The molecule has 0 unspecified atom stereocenters. The molecule has 2 aliphatic rings. The summed E-state index contributed by atoms with van der Waals surface area (Å²) in [6, 6.07) is 14.6. The molecular formula is C27H25FN6O3S. The number of aromatic nitrogens is 5. The fourth-order valence-electron chi connectivity index (χ4n) is 4.80. The third-order valence-electron chi connectivity index (χ3n) is 6.68. The van der Waals surface area contributed by atoms with E-state index in [1.807, 2.05) is 36.4 Å². The first kappa shape index (κ1) is 24.2. The van der Waals surface area contributed by atoms with Crippen molar-refractivity contribution in [2.45, 2.75) is 31.9 Å². The molecule has 0 radical (unpaired) electrons. The molecule has 38 heavy (non-hydrogen) atoms. The predicted molar refractivity (Wildman–Crippen MR) is 140 cm³/mol. The van der Waals surface area contributed by atoms with Crippen molar-refractivity contribution >= 4 is 28.0 Å². The van der Waals surface area contributed by atoms with Crippen molar-refractivity contribution in [3.63, 3.8) is 0 Å². The van der Waals surface area contributed by atoms with Gasteiger partial charge in [-0.15, -0.1) is 10.2 Å². The van der Waals surface area contributed by atoms with E-state index in [-0.39, 0.29) is 12.4 Å². The number of fused-ring (bicyclic) bond motifs is 1. The zero-order valence-corrected chi connectivity index (χ0v) is 21.5. The summed E-state index contributed by atoms with van der Waals surface area (Å²) < 4.78 is 25.1. The molecular weight excluding hydrogens is 507 g/mol. The van der Waals surface area contributed by atoms with Crippen molar-refractivity contribution in [2.24, 2.45) is 0 Å². The number of hydrogen-bond donors (Lipinski definition) is 0. The maximum Gasteiger partial charge on any atom is 0.329 e. The first-order chi connectivity index (χ1) is 18.5. The van der Waals surface area contributed by atoms with Crippen LogP contribution in [0.4, 0.5) is 9.52 Å². The Labute approximate surface area is 222 Å². The number of carbonyl (C=O) groups excluding carboxylic acids is 1. The van der Waals surface area contributed by atoms with E-state index >= 15 is 0 Å². The summed E-state index contributed by atoms with van der Waals surface area (Å²) in [5.74, 6) is 0.604. The van der Waals surface area contributed by atoms with Crippen LogP contribution < -0.4 is 9.64 Å². The third kappa shape index (κ3) is 4.76. The highest BCUT2D eigenvalue weighted by molar-refractivity contribution is 7.18. The van der Waals surface area contributed by atoms with Gasteiger partial charge in [-0.2, -0.15) is 4.80 Å². The van der Waals surface area contributed by atoms with E-state index in [9.17, 15) is 9.18 Å². The van der Waals surface area contributed by atoms with Gasteiger partial charge >= 0.3 is 5.97 Å². The lowest BCUT2D eigenvalue weighted by atomic mass is 9.83. The number of esters is 1. The lowest BCUT2D eigenvalue weighted by molar-refractivity contribution is -0.144. The summed E-state index contributed by atoms with van der Waals surface area (Å²) >= 11 is 1.49. The summed E-state index contributed by atoms with van der Waals surface area (Å²) in [6.07, 6.45) is 5.48. The van der Waals surface area contributed by atoms with Crippen LogP contribution in [0.15, 0.2) is 60.8 Å². The number of benzene rings is 2. The highest BCUT2D eigenvalue weighted by Gasteiger charge is 2.39. The highest BCUT2D eigenvalue weighted by atomic mass is 32.1. The predicted octanol–water partition coefficient (Wildman–Crippen LogP) is 4.36. The van der Waals surface area contributed by atoms with E-state index in [2.05, 4.69) is 31.4 Å². The second-order valence-corrected chi connectivity index (χ2v) is 10.2. The van der Waals surface area contributed by atoms with Crippen molar-refractivity contribution in [3.8, 4) is 16.5 Å². The summed E-state index contributed by atoms with van der Waals surface area (Å²) in [7, 11) is 0. The van der Waals surface area contributed by atoms with Gasteiger partial charge in [0.15, 0.2) is 11.7 Å². The normalized spacial score (nSPS) is 16.1. The Hall–Kier alpha value is -4.12. The van der Waals surface area contributed by atoms with Crippen LogP contribution in [0.5, 0.6) is 5.75 Å². The van der Waals surface area contributed by atoms with E-state index in [1.165, 1.54) is 28.3 Å². The standard InChI is InChI=1S/C27H25FN6O3S/c1-2-36-24(35)17-34-31-25(30-32-34)23-16-29-26(38-23)33-13-11-27(12-14-33)15-21(18-7-9-19(28)10-8-18)20-5-3-4-6-22(20)37-27/h3-10,15-16H,2,11-14,17H2,1H3. The molecule has 0 atom stereocenters. The monoisotopic (exact) mass is 532 g/mol. The number of hydrogen-bond acceptors (Lipinski definition) is 9. The largest absolute Gasteiger partial charge is 0.482 e. The SMILES string of the molecule is CCOC(=O)Cn1nnc(-c2cnc(N3CCC4(C=C(c5ccc(F)cc5)c5ccccc5O4)CC3)s2)n1. The second-order valence-electron chi connectivity index (χ2n) is 9.17. The van der Waals surface area contributed by atoms with Crippen molar-refractivity contribution < 1.29 is 18.7 Å². The van der Waals surface area contributed by atoms with E-state index in [4.69, 9.17) is 9.47 Å². The van der Waals surface area contributed by atoms with Gasteiger partial charge in [0, 0.05) is 31.5 Å². The number of thiazole rings is 1. The van der Waals surface area contributed by atoms with Gasteiger partial charge in [0.1, 0.15) is 17.2 Å². The summed E-state index contributed by atoms with van der Waals surface area (Å²) in [5.41, 5.74) is 2.59. The zero-order valence-electron chi connectivity index (χ0n) is 20.7. The molecule has 194 valence electrons. The van der Waals surface area contributed by atoms with Gasteiger partial charge in [-0.1, -0.05) is 41.7 Å². The molecule has 11 heteroatoms. The Morgan fingerprint density at radius 1 is 1.16 bits per heavy atom. The molecule has 0 amide bonds. The Bertz CT molecular complexity index is 1490. The average Bonchev–Trinajstić information content (AvgIpc) is 3.59. The van der Waals surface area contributed by atoms with Crippen LogP contribution in [0.1, 0.15) is 30.9 Å². The molecule has 2 aliphatic heterocycles. The van der Waals surface area contributed by atoms with Gasteiger partial charge in [-0.3, -0.25) is 0 Å². The summed E-state index contributed by atoms with van der Waals surface area (Å²) in [5, 5.41) is 13.2. The number of halogens is 1. The minimum absolute atomic E-state index is 0.0860. The number of tetrazole rings is 1. The number of nitrogens with zero attached hydrogens (tertiary/aromatic N) is 6. The van der Waals surface area contributed by atoms with Gasteiger partial charge in [-0.25, -0.2) is 14.2 Å². The van der Waals surface area contributed by atoms with Gasteiger partial charge in [0.25, 0.3) is 0 Å². The minimum Gasteiger partial charge on any atom is -0.482 e. The average molecular weight is 533 g/mol. The van der Waals surface area contributed by atoms with Crippen LogP contribution in [-0.2, 0) is 16.1 Å². The molecule has 6 rings (SSSR count). The van der Waals surface area contributed by atoms with Crippen LogP contribution in [0.3, 0.4) is 0 Å². The maximum atomic E-state index is 13.6. The molecule has 9 nitrogen and oxygen atoms in total. The molecule has 0 N–H and O–H groups in total. The lowest BCUT2D eigenvalue weighted by Crippen LogP contribution is -2.48. The number of piperidine rings is 1. The summed E-state index contributed by atoms with van der Waals surface area (Å²) in [4.78, 5) is 20.5. The first-order valence-electron chi connectivity index (χ1n) is 12.4. The van der Waals surface area contributed by atoms with Crippen molar-refractivity contribution in [1.82, 2.24) is 25.2 Å². The van der Waals surface area contributed by atoms with E-state index < -0.39 is 11.6 Å². The Morgan fingerprint density at radius 3 is 2.74 bits per heavy atom. The fourth-order valence-corrected chi connectivity index (χ4v) is 5.70. The van der Waals surface area contributed by atoms with Gasteiger partial charge in [0.05, 0.1) is 17.7 Å². The second kappa shape index (κ2) is 9.97. The topological polar surface area (TPSA) is 95.3 Å². The minimum atomic E-state index is -0.452. The zero-order chi connectivity index (χ0) is 26.1. The van der Waals surface area contributed by atoms with Crippen molar-refractivity contribution in [2.75, 3.05) is 24.6 Å². The molecule has 1 saturated heterocycles. The van der Waals surface area contributed by atoms with Gasteiger partial charge in [-0.05, 0) is 47.5 Å². The van der Waals surface area contributed by atoms with E-state index in [1.54, 1.807) is 13.1 Å². The molecule has 2 aromatic carbocycles. The van der Waals surface area contributed by atoms with Crippen LogP contribution in [-0.4, -0.2) is 56.5 Å². The Kier molecular flexibility index (Phi) is 6.36. The summed E-state index contributed by atoms with van der Waals surface area (Å²) in [6.45, 7) is 3.48. The quantitative estimate of drug-likeness (QED) is 0.338. The number of ether oxygens (including phenoxy) is 2. The van der Waals surface area contributed by atoms with Crippen molar-refractivity contribution in [3.05, 3.63) is 77.7 Å². The smallest absolute Gasteiger partial charge is 0.329 e. The molecule has 4 heterocycles. The van der Waals surface area contributed by atoms with Crippen LogP contribution in [0.2, 0.25) is 0 Å². The van der Waals surface area contributed by atoms with Crippen LogP contribution in [0.25, 0.3) is 16.3 Å². The highest BCUT2D eigenvalue weighted by Crippen LogP contribution is 2.44. The number of para-hydroxylation sites is 1. The van der Waals surface area contributed by atoms with Gasteiger partial charge < -0.3 is 14.4 Å². The molecule has 1 fully saturated rings. The van der Waals surface area contributed by atoms with Gasteiger partial charge in [0.2, 0.25) is 5.82 Å². The maximum absolute atomic E-state index is 13.6. The molecule has 0 aliphatic carbocycles. The molecule has 0 saturated carbocycles. The fraction of sp³-hybridized carbons (Fsp3) is 0.296. The Balaban J connectivity index is 1.18. The third-order valence-corrected chi connectivity index (χ3v) is 7.73. The molecule has 4 aromatic rings. The number of anilines is 1. The lowest BCUT2D eigenvalue weighted by Gasteiger charge is -2.43. The number of carbonyl (C=O) groups is 1. The van der Waals surface area contributed by atoms with E-state index in [0.717, 1.165) is 58.4 Å². The molecule has 0 bridgehead atoms. The van der Waals surface area contributed by atoms with Crippen LogP contribution in [0, 0.1) is 5.82 Å². The molecule has 2 aromatic heterocycles. The number of rotatable bonds is 6. The Morgan fingerprint density at radius 2 is 1.95 bits per heavy atom. The van der Waals surface area contributed by atoms with Crippen molar-refractivity contribution in [1.29, 1.82) is 0 Å².